The van der Waals surface area contributed by atoms with Crippen LogP contribution in [-0.4, -0.2) is 34.1 Å². The summed E-state index contributed by atoms with van der Waals surface area (Å²) in [5, 5.41) is 0. The van der Waals surface area contributed by atoms with Crippen LogP contribution in [0.3, 0.4) is 0 Å². The summed E-state index contributed by atoms with van der Waals surface area (Å²) in [5.41, 5.74) is 7.13. The van der Waals surface area contributed by atoms with E-state index in [1.807, 2.05) is 13.4 Å². The Morgan fingerprint density at radius 1 is 1.44 bits per heavy atom. The van der Waals surface area contributed by atoms with Crippen LogP contribution in [0.15, 0.2) is 10.9 Å². The smallest absolute Gasteiger partial charge is 0.128 e. The van der Waals surface area contributed by atoms with E-state index in [1.54, 1.807) is 0 Å². The fourth-order valence-electron chi connectivity index (χ4n) is 2.45. The first-order chi connectivity index (χ1) is 7.74. The van der Waals surface area contributed by atoms with Crippen LogP contribution in [0, 0.1) is 0 Å². The molecule has 2 rings (SSSR count). The van der Waals surface area contributed by atoms with Gasteiger partial charge < -0.3 is 10.3 Å². The highest BCUT2D eigenvalue weighted by Gasteiger charge is 2.25. The monoisotopic (exact) mass is 286 g/mol. The number of rotatable bonds is 3. The number of halogens is 1. The lowest BCUT2D eigenvalue weighted by atomic mass is 10.1. The Kier molecular flexibility index (Phi) is 4.00. The topological polar surface area (TPSA) is 47.1 Å². The number of likely N-dealkylation sites (tertiary alicyclic amines) is 1. The maximum absolute atomic E-state index is 5.93. The average Bonchev–Trinajstić information content (AvgIpc) is 2.63. The van der Waals surface area contributed by atoms with Crippen molar-refractivity contribution < 1.29 is 0 Å². The summed E-state index contributed by atoms with van der Waals surface area (Å²) in [4.78, 5) is 6.75. The molecular formula is C11H19BrN4. The number of aromatic nitrogens is 2. The van der Waals surface area contributed by atoms with Gasteiger partial charge in [-0.25, -0.2) is 4.98 Å². The second-order valence-corrected chi connectivity index (χ2v) is 5.13. The summed E-state index contributed by atoms with van der Waals surface area (Å²) >= 11 is 3.51. The second-order valence-electron chi connectivity index (χ2n) is 4.38. The zero-order chi connectivity index (χ0) is 11.5. The third kappa shape index (κ3) is 2.31. The van der Waals surface area contributed by atoms with Crippen molar-refractivity contribution in [1.29, 1.82) is 0 Å². The van der Waals surface area contributed by atoms with Gasteiger partial charge in [-0.05, 0) is 41.9 Å². The molecule has 4 nitrogen and oxygen atoms in total. The Morgan fingerprint density at radius 3 is 2.62 bits per heavy atom. The van der Waals surface area contributed by atoms with Gasteiger partial charge in [-0.3, -0.25) is 4.90 Å². The first kappa shape index (κ1) is 12.1. The number of aryl methyl sites for hydroxylation is 1. The van der Waals surface area contributed by atoms with Crippen molar-refractivity contribution in [1.82, 2.24) is 14.5 Å². The van der Waals surface area contributed by atoms with Crippen molar-refractivity contribution in [2.45, 2.75) is 25.3 Å². The van der Waals surface area contributed by atoms with Crippen molar-refractivity contribution in [2.75, 3.05) is 19.6 Å². The van der Waals surface area contributed by atoms with E-state index in [1.165, 1.54) is 25.0 Å². The van der Waals surface area contributed by atoms with Crippen molar-refractivity contribution in [3.05, 3.63) is 16.6 Å². The van der Waals surface area contributed by atoms with Gasteiger partial charge in [0, 0.05) is 13.6 Å². The molecule has 0 aliphatic carbocycles. The second kappa shape index (κ2) is 5.29. The van der Waals surface area contributed by atoms with E-state index in [2.05, 4.69) is 30.4 Å². The molecule has 1 atom stereocenters. The van der Waals surface area contributed by atoms with Gasteiger partial charge in [0.05, 0.1) is 18.1 Å². The van der Waals surface area contributed by atoms with E-state index < -0.39 is 0 Å². The standard InChI is InChI=1S/C11H19BrN4/c1-15-8-14-11(12)10(15)9(7-13)16-5-3-2-4-6-16/h8-9H,2-7,13H2,1H3. The number of nitrogens with two attached hydrogens (primary N) is 1. The molecule has 0 spiro atoms. The summed E-state index contributed by atoms with van der Waals surface area (Å²) in [6.45, 7) is 2.96. The molecule has 1 aliphatic rings. The van der Waals surface area contributed by atoms with Crippen LogP contribution < -0.4 is 5.73 Å². The van der Waals surface area contributed by atoms with E-state index in [0.717, 1.165) is 17.7 Å². The third-order valence-electron chi connectivity index (χ3n) is 3.31. The molecule has 0 radical (unpaired) electrons. The van der Waals surface area contributed by atoms with E-state index in [0.29, 0.717) is 12.6 Å². The van der Waals surface area contributed by atoms with Crippen LogP contribution in [-0.2, 0) is 7.05 Å². The average molecular weight is 287 g/mol. The third-order valence-corrected chi connectivity index (χ3v) is 3.92. The van der Waals surface area contributed by atoms with Gasteiger partial charge in [0.15, 0.2) is 0 Å². The summed E-state index contributed by atoms with van der Waals surface area (Å²) < 4.78 is 2.99. The molecule has 1 aromatic heterocycles. The Hall–Kier alpha value is -0.390. The molecule has 1 unspecified atom stereocenters. The molecule has 90 valence electrons. The summed E-state index contributed by atoms with van der Waals surface area (Å²) in [5.74, 6) is 0. The van der Waals surface area contributed by atoms with Gasteiger partial charge in [0.2, 0.25) is 0 Å². The minimum Gasteiger partial charge on any atom is -0.335 e. The number of hydrogen-bond acceptors (Lipinski definition) is 3. The number of imidazole rings is 1. The van der Waals surface area contributed by atoms with Crippen LogP contribution in [0.1, 0.15) is 31.0 Å². The molecule has 1 aliphatic heterocycles. The molecule has 1 aromatic rings. The highest BCUT2D eigenvalue weighted by molar-refractivity contribution is 9.10. The van der Waals surface area contributed by atoms with E-state index in [4.69, 9.17) is 5.73 Å². The lowest BCUT2D eigenvalue weighted by Gasteiger charge is -2.34. The number of nitrogens with zero attached hydrogens (tertiary/aromatic N) is 3. The fourth-order valence-corrected chi connectivity index (χ4v) is 3.08. The van der Waals surface area contributed by atoms with Crippen LogP contribution in [0.25, 0.3) is 0 Å². The molecule has 0 saturated carbocycles. The Morgan fingerprint density at radius 2 is 2.12 bits per heavy atom. The fraction of sp³-hybridized carbons (Fsp3) is 0.727. The molecule has 2 N–H and O–H groups in total. The summed E-state index contributed by atoms with van der Waals surface area (Å²) in [6.07, 6.45) is 5.75. The quantitative estimate of drug-likeness (QED) is 0.920. The lowest BCUT2D eigenvalue weighted by Crippen LogP contribution is -2.38. The van der Waals surface area contributed by atoms with E-state index >= 15 is 0 Å². The van der Waals surface area contributed by atoms with Crippen molar-refractivity contribution in [3.63, 3.8) is 0 Å². The highest BCUT2D eigenvalue weighted by Crippen LogP contribution is 2.28. The molecule has 16 heavy (non-hydrogen) atoms. The summed E-state index contributed by atoms with van der Waals surface area (Å²) in [7, 11) is 2.03. The van der Waals surface area contributed by atoms with Crippen LogP contribution in [0.4, 0.5) is 0 Å². The SMILES string of the molecule is Cn1cnc(Br)c1C(CN)N1CCCCC1. The van der Waals surface area contributed by atoms with Crippen molar-refractivity contribution in [2.24, 2.45) is 12.8 Å². The van der Waals surface area contributed by atoms with E-state index in [9.17, 15) is 0 Å². The van der Waals surface area contributed by atoms with Crippen LogP contribution >= 0.6 is 15.9 Å². The van der Waals surface area contributed by atoms with Crippen molar-refractivity contribution in [3.8, 4) is 0 Å². The maximum atomic E-state index is 5.93. The molecule has 2 heterocycles. The number of piperidine rings is 1. The minimum atomic E-state index is 0.294. The molecule has 0 aromatic carbocycles. The molecule has 5 heteroatoms. The zero-order valence-electron chi connectivity index (χ0n) is 9.69. The lowest BCUT2D eigenvalue weighted by molar-refractivity contribution is 0.162. The molecular weight excluding hydrogens is 268 g/mol. The Bertz CT molecular complexity index is 324. The molecule has 0 bridgehead atoms. The van der Waals surface area contributed by atoms with Crippen LogP contribution in [0.2, 0.25) is 0 Å². The first-order valence-corrected chi connectivity index (χ1v) is 6.64. The van der Waals surface area contributed by atoms with Gasteiger partial charge in [0.1, 0.15) is 4.60 Å². The van der Waals surface area contributed by atoms with Crippen molar-refractivity contribution >= 4 is 15.9 Å². The minimum absolute atomic E-state index is 0.294. The predicted molar refractivity (Wildman–Crippen MR) is 68.1 cm³/mol. The normalized spacial score (nSPS) is 19.9. The van der Waals surface area contributed by atoms with Gasteiger partial charge in [-0.1, -0.05) is 6.42 Å². The number of hydrogen-bond donors (Lipinski definition) is 1. The van der Waals surface area contributed by atoms with E-state index in [-0.39, 0.29) is 0 Å². The molecule has 1 fully saturated rings. The van der Waals surface area contributed by atoms with Crippen LogP contribution in [0.5, 0.6) is 0 Å². The maximum Gasteiger partial charge on any atom is 0.128 e. The molecule has 0 amide bonds. The van der Waals surface area contributed by atoms with Gasteiger partial charge >= 0.3 is 0 Å². The summed E-state index contributed by atoms with van der Waals surface area (Å²) in [6, 6.07) is 0.294. The molecule has 1 saturated heterocycles. The highest BCUT2D eigenvalue weighted by atomic mass is 79.9. The largest absolute Gasteiger partial charge is 0.335 e. The Labute approximate surface area is 105 Å². The van der Waals surface area contributed by atoms with Gasteiger partial charge in [-0.15, -0.1) is 0 Å². The Balaban J connectivity index is 2.21. The van der Waals surface area contributed by atoms with Gasteiger partial charge in [-0.2, -0.15) is 0 Å². The van der Waals surface area contributed by atoms with Gasteiger partial charge in [0.25, 0.3) is 0 Å². The first-order valence-electron chi connectivity index (χ1n) is 5.85. The predicted octanol–water partition coefficient (Wildman–Crippen LogP) is 1.67. The zero-order valence-corrected chi connectivity index (χ0v) is 11.3.